The molecule has 4 aromatic carbocycles. The van der Waals surface area contributed by atoms with E-state index in [-0.39, 0.29) is 23.9 Å². The fraction of sp³-hybridized carbons (Fsp3) is 0.235. The highest BCUT2D eigenvalue weighted by Gasteiger charge is 2.44. The summed E-state index contributed by atoms with van der Waals surface area (Å²) in [5.74, 6) is 1.46. The molecule has 3 aliphatic rings. The molecule has 4 aromatic rings. The molecule has 0 spiro atoms. The van der Waals surface area contributed by atoms with Gasteiger partial charge in [0.25, 0.3) is 0 Å². The van der Waals surface area contributed by atoms with Crippen LogP contribution in [0.4, 0.5) is 0 Å². The minimum absolute atomic E-state index is 0.0731. The van der Waals surface area contributed by atoms with Crippen LogP contribution >= 0.6 is 0 Å². The highest BCUT2D eigenvalue weighted by Crippen LogP contribution is 2.49. The Morgan fingerprint density at radius 2 is 0.895 bits per heavy atom. The topological polar surface area (TPSA) is 43.2 Å². The minimum Gasteiger partial charge on any atom is -0.478 e. The first-order chi connectivity index (χ1) is 18.8. The summed E-state index contributed by atoms with van der Waals surface area (Å²) < 4.78 is 12.8. The molecule has 4 heteroatoms. The zero-order valence-electron chi connectivity index (χ0n) is 21.2. The van der Waals surface area contributed by atoms with Crippen LogP contribution < -0.4 is 0 Å². The van der Waals surface area contributed by atoms with Crippen molar-refractivity contribution < 1.29 is 9.47 Å². The molecule has 0 N–H and O–H groups in total. The summed E-state index contributed by atoms with van der Waals surface area (Å²) in [5, 5.41) is 0. The molecule has 4 atom stereocenters. The highest BCUT2D eigenvalue weighted by atomic mass is 16.5. The van der Waals surface area contributed by atoms with Crippen molar-refractivity contribution in [3.8, 4) is 11.1 Å². The number of rotatable bonds is 6. The molecule has 1 aliphatic carbocycles. The van der Waals surface area contributed by atoms with E-state index >= 15 is 0 Å². The Balaban J connectivity index is 1.27. The zero-order valence-corrected chi connectivity index (χ0v) is 21.2. The number of fused-ring (bicyclic) bond motifs is 3. The largest absolute Gasteiger partial charge is 0.478 e. The van der Waals surface area contributed by atoms with E-state index in [2.05, 4.69) is 109 Å². The molecule has 2 aliphatic heterocycles. The highest BCUT2D eigenvalue weighted by molar-refractivity contribution is 6.00. The SMILES string of the molecule is c1ccc(CC2COC(C3c4ccccc4-c4ccccc4C3C3=NC(Cc4ccccc4)CO3)=N2)cc1. The Morgan fingerprint density at radius 3 is 1.34 bits per heavy atom. The van der Waals surface area contributed by atoms with Crippen molar-refractivity contribution in [1.29, 1.82) is 0 Å². The predicted molar refractivity (Wildman–Crippen MR) is 152 cm³/mol. The number of nitrogens with zero attached hydrogens (tertiary/aromatic N) is 2. The summed E-state index contributed by atoms with van der Waals surface area (Å²) in [6, 6.07) is 38.6. The van der Waals surface area contributed by atoms with E-state index in [0.717, 1.165) is 24.6 Å². The normalized spacial score (nSPS) is 23.5. The molecule has 0 fully saturated rings. The molecule has 38 heavy (non-hydrogen) atoms. The second-order valence-electron chi connectivity index (χ2n) is 10.4. The Labute approximate surface area is 223 Å². The first-order valence-corrected chi connectivity index (χ1v) is 13.5. The zero-order chi connectivity index (χ0) is 25.3. The number of hydrogen-bond acceptors (Lipinski definition) is 4. The Kier molecular flexibility index (Phi) is 6.01. The summed E-state index contributed by atoms with van der Waals surface area (Å²) in [4.78, 5) is 10.3. The Morgan fingerprint density at radius 1 is 0.500 bits per heavy atom. The summed E-state index contributed by atoms with van der Waals surface area (Å²) in [5.41, 5.74) is 7.50. The number of ether oxygens (including phenoxy) is 2. The van der Waals surface area contributed by atoms with Crippen molar-refractivity contribution in [2.24, 2.45) is 9.98 Å². The van der Waals surface area contributed by atoms with Gasteiger partial charge in [-0.1, -0.05) is 109 Å². The summed E-state index contributed by atoms with van der Waals surface area (Å²) >= 11 is 0. The first-order valence-electron chi connectivity index (χ1n) is 13.5. The van der Waals surface area contributed by atoms with E-state index in [1.807, 2.05) is 0 Å². The predicted octanol–water partition coefficient (Wildman–Crippen LogP) is 6.61. The van der Waals surface area contributed by atoms with Gasteiger partial charge < -0.3 is 9.47 Å². The van der Waals surface area contributed by atoms with Gasteiger partial charge in [0.1, 0.15) is 13.2 Å². The maximum absolute atomic E-state index is 6.40. The first kappa shape index (κ1) is 23.0. The van der Waals surface area contributed by atoms with E-state index in [1.165, 1.54) is 33.4 Å². The van der Waals surface area contributed by atoms with E-state index in [1.54, 1.807) is 0 Å². The molecule has 0 saturated carbocycles. The van der Waals surface area contributed by atoms with Gasteiger partial charge in [-0.3, -0.25) is 0 Å². The van der Waals surface area contributed by atoms with Crippen molar-refractivity contribution in [1.82, 2.24) is 0 Å². The van der Waals surface area contributed by atoms with Crippen LogP contribution in [0.3, 0.4) is 0 Å². The van der Waals surface area contributed by atoms with Gasteiger partial charge in [0.05, 0.1) is 23.9 Å². The van der Waals surface area contributed by atoms with Crippen molar-refractivity contribution in [2.75, 3.05) is 13.2 Å². The van der Waals surface area contributed by atoms with Gasteiger partial charge in [-0.25, -0.2) is 9.98 Å². The van der Waals surface area contributed by atoms with Gasteiger partial charge in [0, 0.05) is 0 Å². The van der Waals surface area contributed by atoms with Crippen LogP contribution in [0, 0.1) is 0 Å². The fourth-order valence-corrected chi connectivity index (χ4v) is 6.13. The molecule has 0 amide bonds. The molecular weight excluding hydrogens is 468 g/mol. The third-order valence-electron chi connectivity index (χ3n) is 7.84. The molecule has 188 valence electrons. The number of aliphatic imine (C=N–C) groups is 2. The van der Waals surface area contributed by atoms with Crippen molar-refractivity contribution in [3.05, 3.63) is 131 Å². The lowest BCUT2D eigenvalue weighted by molar-refractivity contribution is 0.290. The standard InChI is InChI=1S/C34H30N2O2/c1-3-11-23(12-4-1)19-25-21-37-33(35-25)31-29-17-9-7-15-27(29)28-16-8-10-18-30(28)32(31)34-36-26(22-38-34)20-24-13-5-2-6-14-24/h1-18,25-26,31-32H,19-22H2. The molecular formula is C34H30N2O2. The molecule has 0 aromatic heterocycles. The average molecular weight is 499 g/mol. The maximum atomic E-state index is 6.40. The van der Waals surface area contributed by atoms with Gasteiger partial charge in [-0.05, 0) is 46.2 Å². The van der Waals surface area contributed by atoms with Crippen LogP contribution in [0.15, 0.2) is 119 Å². The summed E-state index contributed by atoms with van der Waals surface area (Å²) in [6.45, 7) is 1.20. The number of benzene rings is 4. The third kappa shape index (κ3) is 4.30. The average Bonchev–Trinajstić information content (AvgIpc) is 3.63. The van der Waals surface area contributed by atoms with Crippen LogP contribution in [-0.2, 0) is 22.3 Å². The van der Waals surface area contributed by atoms with Crippen LogP contribution in [0.2, 0.25) is 0 Å². The summed E-state index contributed by atoms with van der Waals surface area (Å²) in [7, 11) is 0. The van der Waals surface area contributed by atoms with Crippen LogP contribution in [-0.4, -0.2) is 37.1 Å². The maximum Gasteiger partial charge on any atom is 0.192 e. The van der Waals surface area contributed by atoms with Gasteiger partial charge in [-0.2, -0.15) is 0 Å². The molecule has 0 radical (unpaired) electrons. The quantitative estimate of drug-likeness (QED) is 0.300. The Hall–Kier alpha value is -4.18. The van der Waals surface area contributed by atoms with Gasteiger partial charge in [0.2, 0.25) is 0 Å². The lowest BCUT2D eigenvalue weighted by atomic mass is 9.71. The fourth-order valence-electron chi connectivity index (χ4n) is 6.13. The Bertz CT molecular complexity index is 1380. The van der Waals surface area contributed by atoms with E-state index < -0.39 is 0 Å². The molecule has 0 bridgehead atoms. The van der Waals surface area contributed by atoms with Crippen LogP contribution in [0.25, 0.3) is 11.1 Å². The molecule has 0 saturated heterocycles. The smallest absolute Gasteiger partial charge is 0.192 e. The van der Waals surface area contributed by atoms with E-state index in [9.17, 15) is 0 Å². The molecule has 4 nitrogen and oxygen atoms in total. The number of hydrogen-bond donors (Lipinski definition) is 0. The van der Waals surface area contributed by atoms with Crippen molar-refractivity contribution >= 4 is 11.8 Å². The third-order valence-corrected chi connectivity index (χ3v) is 7.84. The van der Waals surface area contributed by atoms with E-state index in [4.69, 9.17) is 19.5 Å². The van der Waals surface area contributed by atoms with Crippen molar-refractivity contribution in [3.63, 3.8) is 0 Å². The van der Waals surface area contributed by atoms with Crippen LogP contribution in [0.5, 0.6) is 0 Å². The van der Waals surface area contributed by atoms with Gasteiger partial charge >= 0.3 is 0 Å². The van der Waals surface area contributed by atoms with Gasteiger partial charge in [0.15, 0.2) is 11.8 Å². The van der Waals surface area contributed by atoms with Crippen LogP contribution in [0.1, 0.15) is 34.1 Å². The second-order valence-corrected chi connectivity index (χ2v) is 10.4. The van der Waals surface area contributed by atoms with Gasteiger partial charge in [-0.15, -0.1) is 0 Å². The van der Waals surface area contributed by atoms with E-state index in [0.29, 0.717) is 13.2 Å². The lowest BCUT2D eigenvalue weighted by Crippen LogP contribution is -2.30. The molecule has 7 rings (SSSR count). The summed E-state index contributed by atoms with van der Waals surface area (Å²) in [6.07, 6.45) is 1.74. The van der Waals surface area contributed by atoms with Crippen molar-refractivity contribution in [2.45, 2.75) is 36.8 Å². The monoisotopic (exact) mass is 498 g/mol. The molecule has 2 heterocycles. The second kappa shape index (κ2) is 9.94. The lowest BCUT2D eigenvalue weighted by Gasteiger charge is -2.34. The minimum atomic E-state index is -0.0731. The molecule has 4 unspecified atom stereocenters.